The molecule has 2 unspecified atom stereocenters. The summed E-state index contributed by atoms with van der Waals surface area (Å²) in [4.78, 5) is 14.7. The molecule has 2 heterocycles. The van der Waals surface area contributed by atoms with Gasteiger partial charge in [0.05, 0.1) is 7.11 Å². The number of rotatable bonds is 3. The van der Waals surface area contributed by atoms with Crippen molar-refractivity contribution >= 4 is 27.9 Å². The van der Waals surface area contributed by atoms with Crippen molar-refractivity contribution in [3.63, 3.8) is 0 Å². The van der Waals surface area contributed by atoms with Crippen molar-refractivity contribution < 1.29 is 9.53 Å². The molecule has 0 spiro atoms. The number of piperidine rings is 1. The first kappa shape index (κ1) is 15.0. The van der Waals surface area contributed by atoms with Crippen molar-refractivity contribution in [2.75, 3.05) is 37.9 Å². The van der Waals surface area contributed by atoms with Crippen LogP contribution in [0.4, 0.5) is 10.7 Å². The number of nitrogens with one attached hydrogen (secondary N) is 1. The first-order valence-corrected chi connectivity index (χ1v) is 7.72. The predicted octanol–water partition coefficient (Wildman–Crippen LogP) is 2.18. The molecule has 1 amide bonds. The molecule has 5 nitrogen and oxygen atoms in total. The topological polar surface area (TPSA) is 67.6 Å². The molecule has 2 rings (SSSR count). The van der Waals surface area contributed by atoms with Gasteiger partial charge in [-0.25, -0.2) is 0 Å². The van der Waals surface area contributed by atoms with Crippen LogP contribution in [0.2, 0.25) is 0 Å². The molecule has 3 N–H and O–H groups in total. The standard InChI is InChI=1S/C14H23N3O2S/c1-8-5-9(2)7-17(6-8)14-11(19-4)10(15)12(20-14)13(18)16-3/h8-9H,5-7,15H2,1-4H3,(H,16,18). The summed E-state index contributed by atoms with van der Waals surface area (Å²) in [6.07, 6.45) is 1.24. The smallest absolute Gasteiger partial charge is 0.263 e. The van der Waals surface area contributed by atoms with Crippen LogP contribution in [0.5, 0.6) is 5.75 Å². The molecule has 112 valence electrons. The lowest BCUT2D eigenvalue weighted by molar-refractivity contribution is 0.0967. The number of carbonyl (C=O) groups is 1. The van der Waals surface area contributed by atoms with Crippen LogP contribution in [-0.2, 0) is 0 Å². The Balaban J connectivity index is 2.38. The van der Waals surface area contributed by atoms with Gasteiger partial charge >= 0.3 is 0 Å². The van der Waals surface area contributed by atoms with Crippen LogP contribution < -0.4 is 20.7 Å². The van der Waals surface area contributed by atoms with E-state index in [1.165, 1.54) is 17.8 Å². The molecule has 1 aromatic heterocycles. The van der Waals surface area contributed by atoms with E-state index in [4.69, 9.17) is 10.5 Å². The molecule has 2 atom stereocenters. The summed E-state index contributed by atoms with van der Waals surface area (Å²) in [5, 5.41) is 3.60. The minimum atomic E-state index is -0.157. The fourth-order valence-electron chi connectivity index (χ4n) is 2.93. The summed E-state index contributed by atoms with van der Waals surface area (Å²) >= 11 is 1.42. The van der Waals surface area contributed by atoms with Gasteiger partial charge in [0.15, 0.2) is 5.75 Å². The predicted molar refractivity (Wildman–Crippen MR) is 83.8 cm³/mol. The van der Waals surface area contributed by atoms with E-state index in [0.717, 1.165) is 18.1 Å². The number of hydrogen-bond acceptors (Lipinski definition) is 5. The Bertz CT molecular complexity index is 491. The maximum Gasteiger partial charge on any atom is 0.263 e. The summed E-state index contributed by atoms with van der Waals surface area (Å²) in [7, 11) is 3.21. The Labute approximate surface area is 124 Å². The van der Waals surface area contributed by atoms with Gasteiger partial charge in [0.1, 0.15) is 15.6 Å². The third-order valence-corrected chi connectivity index (χ3v) is 4.92. The van der Waals surface area contributed by atoms with Crippen molar-refractivity contribution in [1.82, 2.24) is 5.32 Å². The molecule has 1 aliphatic rings. The van der Waals surface area contributed by atoms with Gasteiger partial charge in [0.25, 0.3) is 5.91 Å². The number of thiophene rings is 1. The van der Waals surface area contributed by atoms with E-state index < -0.39 is 0 Å². The third kappa shape index (κ3) is 2.70. The Morgan fingerprint density at radius 1 is 1.40 bits per heavy atom. The minimum Gasteiger partial charge on any atom is -0.492 e. The van der Waals surface area contributed by atoms with E-state index in [2.05, 4.69) is 24.1 Å². The van der Waals surface area contributed by atoms with Gasteiger partial charge in [-0.1, -0.05) is 13.8 Å². The Morgan fingerprint density at radius 3 is 2.50 bits per heavy atom. The summed E-state index contributed by atoms with van der Waals surface area (Å²) in [5.74, 6) is 1.75. The average Bonchev–Trinajstić information content (AvgIpc) is 2.73. The summed E-state index contributed by atoms with van der Waals surface area (Å²) in [5.41, 5.74) is 6.51. The van der Waals surface area contributed by atoms with Crippen LogP contribution in [-0.4, -0.2) is 33.2 Å². The van der Waals surface area contributed by atoms with Gasteiger partial charge < -0.3 is 20.7 Å². The number of hydrogen-bond donors (Lipinski definition) is 2. The molecule has 0 aromatic carbocycles. The van der Waals surface area contributed by atoms with Gasteiger partial charge in [-0.15, -0.1) is 11.3 Å². The molecule has 1 fully saturated rings. The number of ether oxygens (including phenoxy) is 1. The van der Waals surface area contributed by atoms with Crippen molar-refractivity contribution in [2.45, 2.75) is 20.3 Å². The second-order valence-electron chi connectivity index (χ2n) is 5.61. The number of methoxy groups -OCH3 is 1. The lowest BCUT2D eigenvalue weighted by atomic mass is 9.92. The molecule has 1 aromatic rings. The van der Waals surface area contributed by atoms with Gasteiger partial charge in [-0.05, 0) is 18.3 Å². The minimum absolute atomic E-state index is 0.157. The van der Waals surface area contributed by atoms with Gasteiger partial charge in [0.2, 0.25) is 0 Å². The summed E-state index contributed by atoms with van der Waals surface area (Å²) in [6.45, 7) is 6.47. The first-order chi connectivity index (χ1) is 9.47. The van der Waals surface area contributed by atoms with E-state index in [0.29, 0.717) is 28.1 Å². The van der Waals surface area contributed by atoms with Crippen LogP contribution in [0.25, 0.3) is 0 Å². The zero-order valence-electron chi connectivity index (χ0n) is 12.5. The molecular weight excluding hydrogens is 274 g/mol. The van der Waals surface area contributed by atoms with Gasteiger partial charge in [-0.3, -0.25) is 4.79 Å². The quantitative estimate of drug-likeness (QED) is 0.897. The molecule has 0 aliphatic carbocycles. The molecule has 0 bridgehead atoms. The van der Waals surface area contributed by atoms with E-state index in [-0.39, 0.29) is 5.91 Å². The van der Waals surface area contributed by atoms with Gasteiger partial charge in [-0.2, -0.15) is 0 Å². The first-order valence-electron chi connectivity index (χ1n) is 6.91. The monoisotopic (exact) mass is 297 g/mol. The highest BCUT2D eigenvalue weighted by Gasteiger charge is 2.29. The average molecular weight is 297 g/mol. The maximum atomic E-state index is 11.9. The number of nitrogens with two attached hydrogens (primary N) is 1. The molecular formula is C14H23N3O2S. The summed E-state index contributed by atoms with van der Waals surface area (Å²) < 4.78 is 5.44. The molecule has 0 radical (unpaired) electrons. The second kappa shape index (κ2) is 5.91. The van der Waals surface area contributed by atoms with Crippen molar-refractivity contribution in [2.24, 2.45) is 11.8 Å². The zero-order chi connectivity index (χ0) is 14.9. The Hall–Kier alpha value is -1.43. The maximum absolute atomic E-state index is 11.9. The van der Waals surface area contributed by atoms with Crippen LogP contribution in [0.1, 0.15) is 29.9 Å². The third-order valence-electron chi connectivity index (χ3n) is 3.68. The van der Waals surface area contributed by atoms with Gasteiger partial charge in [0, 0.05) is 20.1 Å². The number of anilines is 2. The lowest BCUT2D eigenvalue weighted by Crippen LogP contribution is -2.38. The number of nitrogen functional groups attached to an aromatic ring is 1. The number of nitrogens with zero attached hydrogens (tertiary/aromatic N) is 1. The van der Waals surface area contributed by atoms with Crippen molar-refractivity contribution in [3.05, 3.63) is 4.88 Å². The fraction of sp³-hybridized carbons (Fsp3) is 0.643. The lowest BCUT2D eigenvalue weighted by Gasteiger charge is -2.35. The zero-order valence-corrected chi connectivity index (χ0v) is 13.3. The van der Waals surface area contributed by atoms with Crippen LogP contribution in [0, 0.1) is 11.8 Å². The number of amides is 1. The number of carbonyl (C=O) groups excluding carboxylic acids is 1. The van der Waals surface area contributed by atoms with E-state index in [1.807, 2.05) is 0 Å². The molecule has 20 heavy (non-hydrogen) atoms. The molecule has 0 saturated carbocycles. The normalized spacial score (nSPS) is 22.7. The molecule has 1 aliphatic heterocycles. The van der Waals surface area contributed by atoms with Crippen molar-refractivity contribution in [3.8, 4) is 5.75 Å². The highest BCUT2D eigenvalue weighted by atomic mass is 32.1. The Kier molecular flexibility index (Phi) is 4.42. The summed E-state index contributed by atoms with van der Waals surface area (Å²) in [6, 6.07) is 0. The van der Waals surface area contributed by atoms with Crippen molar-refractivity contribution in [1.29, 1.82) is 0 Å². The van der Waals surface area contributed by atoms with E-state index in [1.54, 1.807) is 14.2 Å². The second-order valence-corrected chi connectivity index (χ2v) is 6.61. The largest absolute Gasteiger partial charge is 0.492 e. The van der Waals surface area contributed by atoms with Crippen LogP contribution >= 0.6 is 11.3 Å². The fourth-order valence-corrected chi connectivity index (χ4v) is 4.09. The highest BCUT2D eigenvalue weighted by Crippen LogP contribution is 2.46. The SMILES string of the molecule is CNC(=O)c1sc(N2CC(C)CC(C)C2)c(OC)c1N. The van der Waals surface area contributed by atoms with E-state index >= 15 is 0 Å². The van der Waals surface area contributed by atoms with Crippen LogP contribution in [0.3, 0.4) is 0 Å². The van der Waals surface area contributed by atoms with Crippen LogP contribution in [0.15, 0.2) is 0 Å². The van der Waals surface area contributed by atoms with E-state index in [9.17, 15) is 4.79 Å². The highest BCUT2D eigenvalue weighted by molar-refractivity contribution is 7.19. The molecule has 1 saturated heterocycles. The Morgan fingerprint density at radius 2 is 2.00 bits per heavy atom. The molecule has 6 heteroatoms.